The second-order valence-corrected chi connectivity index (χ2v) is 15.3. The summed E-state index contributed by atoms with van der Waals surface area (Å²) in [7, 11) is 0. The molecule has 0 bridgehead atoms. The predicted octanol–water partition coefficient (Wildman–Crippen LogP) is 15.8. The average Bonchev–Trinajstić information content (AvgIpc) is 3.85. The quantitative estimate of drug-likeness (QED) is 0.169. The molecule has 10 aromatic carbocycles. The summed E-state index contributed by atoms with van der Waals surface area (Å²) in [5, 5.41) is 9.84. The van der Waals surface area contributed by atoms with E-state index in [4.69, 9.17) is 4.42 Å². The summed E-state index contributed by atoms with van der Waals surface area (Å²) >= 11 is 0. The van der Waals surface area contributed by atoms with E-state index < -0.39 is 0 Å². The molecule has 0 aliphatic heterocycles. The lowest BCUT2D eigenvalue weighted by molar-refractivity contribution is 0.669. The molecule has 0 amide bonds. The Hall–Kier alpha value is -7.88. The van der Waals surface area contributed by atoms with Crippen molar-refractivity contribution < 1.29 is 4.42 Å². The molecule has 0 atom stereocenters. The van der Waals surface area contributed by atoms with E-state index in [9.17, 15) is 0 Å². The standard InChI is InChI=1S/C56H36N2O/c1-3-13-46-39(10-1)12-9-17-47(46)41-24-31-43(32-25-41)57(45-33-34-50-49-15-6-8-19-54(49)59-55(50)36-45)42-27-20-37(21-28-42)38-22-29-44(30-23-38)58-52-18-7-5-16-51(52)56-48-14-4-2-11-40(48)26-35-53(56)58/h1-36H. The number of anilines is 3. The summed E-state index contributed by atoms with van der Waals surface area (Å²) in [6.07, 6.45) is 0. The van der Waals surface area contributed by atoms with Gasteiger partial charge in [-0.3, -0.25) is 0 Å². The van der Waals surface area contributed by atoms with Gasteiger partial charge in [-0.1, -0.05) is 146 Å². The van der Waals surface area contributed by atoms with Crippen LogP contribution in [-0.4, -0.2) is 4.57 Å². The Morgan fingerprint density at radius 1 is 0.339 bits per heavy atom. The first-order chi connectivity index (χ1) is 29.2. The Morgan fingerprint density at radius 2 is 0.898 bits per heavy atom. The fraction of sp³-hybridized carbons (Fsp3) is 0. The maximum absolute atomic E-state index is 6.38. The first-order valence-electron chi connectivity index (χ1n) is 20.2. The van der Waals surface area contributed by atoms with E-state index in [-0.39, 0.29) is 0 Å². The minimum atomic E-state index is 0.870. The number of nitrogens with zero attached hydrogens (tertiary/aromatic N) is 2. The molecule has 59 heavy (non-hydrogen) atoms. The first kappa shape index (κ1) is 33.3. The number of fused-ring (bicyclic) bond motifs is 9. The Morgan fingerprint density at radius 3 is 1.66 bits per heavy atom. The van der Waals surface area contributed by atoms with Crippen molar-refractivity contribution in [2.75, 3.05) is 4.90 Å². The molecule has 3 nitrogen and oxygen atoms in total. The maximum Gasteiger partial charge on any atom is 0.137 e. The van der Waals surface area contributed by atoms with Crippen LogP contribution in [0.25, 0.3) is 93.2 Å². The van der Waals surface area contributed by atoms with Gasteiger partial charge in [0.15, 0.2) is 0 Å². The van der Waals surface area contributed by atoms with Crippen LogP contribution < -0.4 is 4.90 Å². The van der Waals surface area contributed by atoms with Crippen LogP contribution in [0.2, 0.25) is 0 Å². The molecule has 0 spiro atoms. The summed E-state index contributed by atoms with van der Waals surface area (Å²) < 4.78 is 8.78. The van der Waals surface area contributed by atoms with Gasteiger partial charge in [-0.05, 0) is 111 Å². The first-order valence-corrected chi connectivity index (χ1v) is 20.2. The lowest BCUT2D eigenvalue weighted by Crippen LogP contribution is -2.09. The van der Waals surface area contributed by atoms with Crippen LogP contribution in [0, 0.1) is 0 Å². The van der Waals surface area contributed by atoms with Crippen molar-refractivity contribution in [3.8, 4) is 27.9 Å². The van der Waals surface area contributed by atoms with E-state index in [2.05, 4.69) is 216 Å². The second kappa shape index (κ2) is 13.4. The number of benzene rings is 10. The van der Waals surface area contributed by atoms with Crippen LogP contribution in [0.15, 0.2) is 223 Å². The summed E-state index contributed by atoms with van der Waals surface area (Å²) in [6, 6.07) is 78.6. The van der Waals surface area contributed by atoms with Gasteiger partial charge < -0.3 is 13.9 Å². The van der Waals surface area contributed by atoms with E-state index in [0.29, 0.717) is 0 Å². The Kier molecular flexibility index (Phi) is 7.54. The van der Waals surface area contributed by atoms with Crippen molar-refractivity contribution in [3.63, 3.8) is 0 Å². The van der Waals surface area contributed by atoms with Gasteiger partial charge in [0, 0.05) is 50.4 Å². The van der Waals surface area contributed by atoms with Crippen molar-refractivity contribution in [2.45, 2.75) is 0 Å². The van der Waals surface area contributed by atoms with Gasteiger partial charge in [0.05, 0.1) is 11.0 Å². The predicted molar refractivity (Wildman–Crippen MR) is 249 cm³/mol. The molecule has 0 unspecified atom stereocenters. The van der Waals surface area contributed by atoms with Crippen molar-refractivity contribution in [3.05, 3.63) is 218 Å². The van der Waals surface area contributed by atoms with Crippen LogP contribution in [0.3, 0.4) is 0 Å². The maximum atomic E-state index is 6.38. The highest BCUT2D eigenvalue weighted by atomic mass is 16.3. The number of para-hydroxylation sites is 2. The average molecular weight is 753 g/mol. The number of rotatable bonds is 6. The van der Waals surface area contributed by atoms with Gasteiger partial charge in [-0.25, -0.2) is 0 Å². The molecule has 0 saturated heterocycles. The van der Waals surface area contributed by atoms with E-state index >= 15 is 0 Å². The number of hydrogen-bond acceptors (Lipinski definition) is 2. The molecular weight excluding hydrogens is 717 g/mol. The molecular formula is C56H36N2O. The molecule has 0 radical (unpaired) electrons. The number of aromatic nitrogens is 1. The van der Waals surface area contributed by atoms with Crippen LogP contribution >= 0.6 is 0 Å². The topological polar surface area (TPSA) is 21.3 Å². The smallest absolute Gasteiger partial charge is 0.137 e. The van der Waals surface area contributed by atoms with Crippen molar-refractivity contribution >= 4 is 82.4 Å². The SMILES string of the molecule is c1ccc2c(-c3ccc(N(c4ccc(-c5ccc(-n6c7ccccc7c7c8ccccc8ccc76)cc5)cc4)c4ccc5c(c4)oc4ccccc45)cc3)cccc2c1. The van der Waals surface area contributed by atoms with Crippen LogP contribution in [-0.2, 0) is 0 Å². The van der Waals surface area contributed by atoms with Gasteiger partial charge in [-0.2, -0.15) is 0 Å². The number of furan rings is 1. The zero-order valence-corrected chi connectivity index (χ0v) is 32.1. The summed E-state index contributed by atoms with van der Waals surface area (Å²) in [5.74, 6) is 0. The minimum Gasteiger partial charge on any atom is -0.456 e. The van der Waals surface area contributed by atoms with E-state index in [0.717, 1.165) is 50.3 Å². The van der Waals surface area contributed by atoms with E-state index in [1.807, 2.05) is 12.1 Å². The Bertz CT molecular complexity index is 3530. The molecule has 276 valence electrons. The lowest BCUT2D eigenvalue weighted by atomic mass is 9.98. The van der Waals surface area contributed by atoms with Crippen molar-refractivity contribution in [1.29, 1.82) is 0 Å². The molecule has 12 aromatic rings. The Labute approximate surface area is 341 Å². The molecule has 0 saturated carbocycles. The lowest BCUT2D eigenvalue weighted by Gasteiger charge is -2.26. The molecule has 3 heteroatoms. The number of hydrogen-bond donors (Lipinski definition) is 0. The molecule has 2 aromatic heterocycles. The van der Waals surface area contributed by atoms with Crippen LogP contribution in [0.1, 0.15) is 0 Å². The monoisotopic (exact) mass is 752 g/mol. The van der Waals surface area contributed by atoms with Gasteiger partial charge in [0.1, 0.15) is 11.2 Å². The zero-order chi connectivity index (χ0) is 38.9. The molecule has 0 aliphatic carbocycles. The molecule has 2 heterocycles. The normalized spacial score (nSPS) is 11.7. The van der Waals surface area contributed by atoms with E-state index in [1.165, 1.54) is 60.0 Å². The highest BCUT2D eigenvalue weighted by molar-refractivity contribution is 6.21. The zero-order valence-electron chi connectivity index (χ0n) is 32.1. The third-order valence-electron chi connectivity index (χ3n) is 12.0. The molecule has 0 fully saturated rings. The van der Waals surface area contributed by atoms with Crippen molar-refractivity contribution in [2.24, 2.45) is 0 Å². The highest BCUT2D eigenvalue weighted by Crippen LogP contribution is 2.41. The highest BCUT2D eigenvalue weighted by Gasteiger charge is 2.18. The molecule has 0 N–H and O–H groups in total. The molecule has 0 aliphatic rings. The fourth-order valence-electron chi connectivity index (χ4n) is 9.19. The summed E-state index contributed by atoms with van der Waals surface area (Å²) in [4.78, 5) is 2.32. The fourth-order valence-corrected chi connectivity index (χ4v) is 9.19. The van der Waals surface area contributed by atoms with Crippen LogP contribution in [0.5, 0.6) is 0 Å². The summed E-state index contributed by atoms with van der Waals surface area (Å²) in [5.41, 5.74) is 13.2. The van der Waals surface area contributed by atoms with Gasteiger partial charge in [0.2, 0.25) is 0 Å². The summed E-state index contributed by atoms with van der Waals surface area (Å²) in [6.45, 7) is 0. The van der Waals surface area contributed by atoms with E-state index in [1.54, 1.807) is 0 Å². The Balaban J connectivity index is 0.924. The van der Waals surface area contributed by atoms with Gasteiger partial charge in [0.25, 0.3) is 0 Å². The third-order valence-corrected chi connectivity index (χ3v) is 12.0. The van der Waals surface area contributed by atoms with Gasteiger partial charge >= 0.3 is 0 Å². The largest absolute Gasteiger partial charge is 0.456 e. The minimum absolute atomic E-state index is 0.870. The third kappa shape index (κ3) is 5.44. The molecule has 12 rings (SSSR count). The second-order valence-electron chi connectivity index (χ2n) is 15.3. The van der Waals surface area contributed by atoms with Crippen molar-refractivity contribution in [1.82, 2.24) is 4.57 Å². The van der Waals surface area contributed by atoms with Gasteiger partial charge in [-0.15, -0.1) is 0 Å². The van der Waals surface area contributed by atoms with Crippen LogP contribution in [0.4, 0.5) is 17.1 Å².